The van der Waals surface area contributed by atoms with Crippen molar-refractivity contribution in [1.82, 2.24) is 9.97 Å². The van der Waals surface area contributed by atoms with Crippen molar-refractivity contribution in [1.29, 1.82) is 0 Å². The summed E-state index contributed by atoms with van der Waals surface area (Å²) >= 11 is 11.8. The van der Waals surface area contributed by atoms with Gasteiger partial charge >= 0.3 is 0 Å². The standard InChI is InChI=1S/C10H15Cl2N3/c1-4-7(5-2)15(3)9-8(11)6-13-10(12)14-9/h6-7H,4-5H2,1-3H3. The minimum absolute atomic E-state index is 0.229. The molecule has 0 fully saturated rings. The minimum Gasteiger partial charge on any atom is -0.355 e. The first kappa shape index (κ1) is 12.5. The van der Waals surface area contributed by atoms with Gasteiger partial charge in [0.05, 0.1) is 6.20 Å². The van der Waals surface area contributed by atoms with E-state index < -0.39 is 0 Å². The summed E-state index contributed by atoms with van der Waals surface area (Å²) in [5, 5.41) is 0.765. The van der Waals surface area contributed by atoms with Crippen molar-refractivity contribution in [3.8, 4) is 0 Å². The first-order valence-electron chi connectivity index (χ1n) is 5.01. The van der Waals surface area contributed by atoms with Crippen LogP contribution in [0.5, 0.6) is 0 Å². The topological polar surface area (TPSA) is 29.0 Å². The van der Waals surface area contributed by atoms with Crippen LogP contribution in [0.15, 0.2) is 6.20 Å². The van der Waals surface area contributed by atoms with Gasteiger partial charge in [0.1, 0.15) is 5.02 Å². The fourth-order valence-corrected chi connectivity index (χ4v) is 1.95. The van der Waals surface area contributed by atoms with E-state index in [1.165, 1.54) is 6.20 Å². The Kier molecular flexibility index (Phi) is 4.61. The van der Waals surface area contributed by atoms with Crippen LogP contribution < -0.4 is 4.90 Å². The van der Waals surface area contributed by atoms with Gasteiger partial charge < -0.3 is 4.90 Å². The second-order valence-electron chi connectivity index (χ2n) is 3.39. The molecule has 0 aliphatic heterocycles. The van der Waals surface area contributed by atoms with Crippen LogP contribution in [0.25, 0.3) is 0 Å². The van der Waals surface area contributed by atoms with Gasteiger partial charge in [-0.05, 0) is 24.4 Å². The smallest absolute Gasteiger partial charge is 0.224 e. The van der Waals surface area contributed by atoms with Crippen LogP contribution in [0.2, 0.25) is 10.3 Å². The highest BCUT2D eigenvalue weighted by molar-refractivity contribution is 6.33. The molecule has 0 bridgehead atoms. The molecule has 0 aliphatic rings. The summed E-state index contributed by atoms with van der Waals surface area (Å²) in [6.45, 7) is 4.28. The highest BCUT2D eigenvalue weighted by Crippen LogP contribution is 2.25. The maximum absolute atomic E-state index is 6.02. The lowest BCUT2D eigenvalue weighted by Gasteiger charge is -2.27. The van der Waals surface area contributed by atoms with Gasteiger partial charge in [-0.25, -0.2) is 4.98 Å². The number of aromatic nitrogens is 2. The molecule has 0 unspecified atom stereocenters. The lowest BCUT2D eigenvalue weighted by molar-refractivity contribution is 0.586. The number of rotatable bonds is 4. The third-order valence-electron chi connectivity index (χ3n) is 2.52. The van der Waals surface area contributed by atoms with Crippen LogP contribution in [-0.4, -0.2) is 23.1 Å². The molecule has 0 saturated heterocycles. The SMILES string of the molecule is CCC(CC)N(C)c1nc(Cl)ncc1Cl. The van der Waals surface area contributed by atoms with E-state index in [9.17, 15) is 0 Å². The Hall–Kier alpha value is -0.540. The van der Waals surface area contributed by atoms with Crippen molar-refractivity contribution in [2.75, 3.05) is 11.9 Å². The van der Waals surface area contributed by atoms with Crippen molar-refractivity contribution < 1.29 is 0 Å². The summed E-state index contributed by atoms with van der Waals surface area (Å²) in [7, 11) is 1.97. The predicted octanol–water partition coefficient (Wildman–Crippen LogP) is 3.41. The third kappa shape index (κ3) is 2.95. The third-order valence-corrected chi connectivity index (χ3v) is 2.97. The van der Waals surface area contributed by atoms with Gasteiger partial charge in [0.15, 0.2) is 5.82 Å². The van der Waals surface area contributed by atoms with E-state index >= 15 is 0 Å². The van der Waals surface area contributed by atoms with Gasteiger partial charge in [-0.1, -0.05) is 25.4 Å². The number of hydrogen-bond donors (Lipinski definition) is 0. The normalized spacial score (nSPS) is 10.8. The van der Waals surface area contributed by atoms with Crippen molar-refractivity contribution in [3.05, 3.63) is 16.5 Å². The van der Waals surface area contributed by atoms with E-state index in [2.05, 4.69) is 28.7 Å². The van der Waals surface area contributed by atoms with E-state index in [4.69, 9.17) is 23.2 Å². The second kappa shape index (κ2) is 5.52. The van der Waals surface area contributed by atoms with Crippen LogP contribution in [0.4, 0.5) is 5.82 Å². The van der Waals surface area contributed by atoms with E-state index in [1.807, 2.05) is 7.05 Å². The summed E-state index contributed by atoms with van der Waals surface area (Å²) in [4.78, 5) is 10.0. The Morgan fingerprint density at radius 3 is 2.47 bits per heavy atom. The Morgan fingerprint density at radius 2 is 1.93 bits per heavy atom. The van der Waals surface area contributed by atoms with Crippen LogP contribution in [0, 0.1) is 0 Å². The van der Waals surface area contributed by atoms with Crippen molar-refractivity contribution in [2.45, 2.75) is 32.7 Å². The molecule has 0 N–H and O–H groups in total. The van der Waals surface area contributed by atoms with Crippen molar-refractivity contribution in [3.63, 3.8) is 0 Å². The highest BCUT2D eigenvalue weighted by atomic mass is 35.5. The molecule has 0 spiro atoms. The van der Waals surface area contributed by atoms with E-state index in [0.717, 1.165) is 12.8 Å². The molecule has 84 valence electrons. The van der Waals surface area contributed by atoms with Gasteiger partial charge in [0, 0.05) is 13.1 Å². The summed E-state index contributed by atoms with van der Waals surface area (Å²) < 4.78 is 0. The molecule has 1 aromatic rings. The monoisotopic (exact) mass is 247 g/mol. The molecule has 1 rings (SSSR count). The van der Waals surface area contributed by atoms with Gasteiger partial charge in [-0.2, -0.15) is 4.98 Å². The Balaban J connectivity index is 2.98. The zero-order valence-corrected chi connectivity index (χ0v) is 10.7. The van der Waals surface area contributed by atoms with E-state index in [1.54, 1.807) is 0 Å². The van der Waals surface area contributed by atoms with E-state index in [-0.39, 0.29) is 5.28 Å². The Labute approximate surface area is 100 Å². The molecule has 0 radical (unpaired) electrons. The molecular weight excluding hydrogens is 233 g/mol. The molecule has 0 amide bonds. The molecule has 1 heterocycles. The first-order chi connectivity index (χ1) is 7.10. The number of halogens is 2. The second-order valence-corrected chi connectivity index (χ2v) is 4.14. The van der Waals surface area contributed by atoms with Gasteiger partial charge in [-0.15, -0.1) is 0 Å². The zero-order valence-electron chi connectivity index (χ0n) is 9.17. The zero-order chi connectivity index (χ0) is 11.4. The molecule has 15 heavy (non-hydrogen) atoms. The van der Waals surface area contributed by atoms with Crippen molar-refractivity contribution in [2.24, 2.45) is 0 Å². The molecule has 0 atom stereocenters. The molecule has 0 saturated carbocycles. The van der Waals surface area contributed by atoms with Crippen LogP contribution in [-0.2, 0) is 0 Å². The van der Waals surface area contributed by atoms with E-state index in [0.29, 0.717) is 16.9 Å². The maximum Gasteiger partial charge on any atom is 0.224 e. The number of anilines is 1. The molecule has 0 aromatic carbocycles. The molecule has 3 nitrogen and oxygen atoms in total. The van der Waals surface area contributed by atoms with Crippen LogP contribution in [0.1, 0.15) is 26.7 Å². The first-order valence-corrected chi connectivity index (χ1v) is 5.76. The van der Waals surface area contributed by atoms with Gasteiger partial charge in [-0.3, -0.25) is 0 Å². The molecule has 5 heteroatoms. The quantitative estimate of drug-likeness (QED) is 0.764. The average molecular weight is 248 g/mol. The fourth-order valence-electron chi connectivity index (χ4n) is 1.59. The summed E-state index contributed by atoms with van der Waals surface area (Å²) in [5.74, 6) is 0.699. The lowest BCUT2D eigenvalue weighted by atomic mass is 10.1. The average Bonchev–Trinajstić information content (AvgIpc) is 2.23. The maximum atomic E-state index is 6.02. The molecule has 1 aromatic heterocycles. The summed E-state index contributed by atoms with van der Waals surface area (Å²) in [6, 6.07) is 0.425. The van der Waals surface area contributed by atoms with Gasteiger partial charge in [0.25, 0.3) is 0 Å². The predicted molar refractivity (Wildman–Crippen MR) is 64.8 cm³/mol. The number of nitrogens with zero attached hydrogens (tertiary/aromatic N) is 3. The fraction of sp³-hybridized carbons (Fsp3) is 0.600. The summed E-state index contributed by atoms with van der Waals surface area (Å²) in [5.41, 5.74) is 0. The van der Waals surface area contributed by atoms with Crippen molar-refractivity contribution >= 4 is 29.0 Å². The largest absolute Gasteiger partial charge is 0.355 e. The van der Waals surface area contributed by atoms with Gasteiger partial charge in [0.2, 0.25) is 5.28 Å². The molecule has 0 aliphatic carbocycles. The highest BCUT2D eigenvalue weighted by Gasteiger charge is 2.16. The summed E-state index contributed by atoms with van der Waals surface area (Å²) in [6.07, 6.45) is 3.63. The number of hydrogen-bond acceptors (Lipinski definition) is 3. The Bertz CT molecular complexity index is 326. The minimum atomic E-state index is 0.229. The molecular formula is C10H15Cl2N3. The van der Waals surface area contributed by atoms with Crippen LogP contribution >= 0.6 is 23.2 Å². The van der Waals surface area contributed by atoms with Crippen LogP contribution in [0.3, 0.4) is 0 Å². The lowest BCUT2D eigenvalue weighted by Crippen LogP contribution is -2.31. The Morgan fingerprint density at radius 1 is 1.33 bits per heavy atom.